The van der Waals surface area contributed by atoms with Crippen molar-refractivity contribution < 1.29 is 4.74 Å². The number of hydrogen-bond donors (Lipinski definition) is 1. The van der Waals surface area contributed by atoms with Gasteiger partial charge in [0.15, 0.2) is 0 Å². The molecule has 1 aliphatic carbocycles. The van der Waals surface area contributed by atoms with Crippen molar-refractivity contribution in [3.05, 3.63) is 28.2 Å². The summed E-state index contributed by atoms with van der Waals surface area (Å²) in [6.07, 6.45) is 2.62. The molecule has 0 aliphatic heterocycles. The van der Waals surface area contributed by atoms with Gasteiger partial charge in [-0.2, -0.15) is 0 Å². The fraction of sp³-hybridized carbons (Fsp3) is 0.455. The Morgan fingerprint density at radius 3 is 2.93 bits per heavy atom. The van der Waals surface area contributed by atoms with Crippen LogP contribution in [0.3, 0.4) is 0 Å². The minimum absolute atomic E-state index is 0.729. The lowest BCUT2D eigenvalue weighted by Gasteiger charge is -2.10. The van der Waals surface area contributed by atoms with Crippen molar-refractivity contribution in [2.24, 2.45) is 0 Å². The van der Waals surface area contributed by atoms with Crippen LogP contribution in [-0.2, 0) is 6.54 Å². The molecule has 0 unspecified atom stereocenters. The molecule has 76 valence electrons. The fourth-order valence-corrected chi connectivity index (χ4v) is 1.92. The first kappa shape index (κ1) is 9.99. The monoisotopic (exact) mass is 255 g/mol. The van der Waals surface area contributed by atoms with Gasteiger partial charge in [0.05, 0.1) is 7.11 Å². The van der Waals surface area contributed by atoms with E-state index < -0.39 is 0 Å². The SMILES string of the molecule is COc1cccc(Br)c1CNC1CC1. The first-order chi connectivity index (χ1) is 6.81. The van der Waals surface area contributed by atoms with Crippen LogP contribution in [0, 0.1) is 0 Å². The summed E-state index contributed by atoms with van der Waals surface area (Å²) in [6.45, 7) is 0.884. The Labute approximate surface area is 92.8 Å². The lowest BCUT2D eigenvalue weighted by Crippen LogP contribution is -2.16. The van der Waals surface area contributed by atoms with Crippen LogP contribution in [0.4, 0.5) is 0 Å². The highest BCUT2D eigenvalue weighted by molar-refractivity contribution is 9.10. The third-order valence-corrected chi connectivity index (χ3v) is 3.18. The summed E-state index contributed by atoms with van der Waals surface area (Å²) in [5.41, 5.74) is 1.21. The molecule has 0 radical (unpaired) electrons. The van der Waals surface area contributed by atoms with Gasteiger partial charge >= 0.3 is 0 Å². The molecule has 0 aromatic heterocycles. The van der Waals surface area contributed by atoms with Crippen molar-refractivity contribution in [2.45, 2.75) is 25.4 Å². The molecule has 0 atom stereocenters. The van der Waals surface area contributed by atoms with Crippen molar-refractivity contribution in [3.63, 3.8) is 0 Å². The Morgan fingerprint density at radius 2 is 2.29 bits per heavy atom. The van der Waals surface area contributed by atoms with Crippen LogP contribution in [0.15, 0.2) is 22.7 Å². The zero-order valence-corrected chi connectivity index (χ0v) is 9.80. The number of methoxy groups -OCH3 is 1. The Balaban J connectivity index is 2.11. The molecule has 3 heteroatoms. The van der Waals surface area contributed by atoms with Gasteiger partial charge in [-0.15, -0.1) is 0 Å². The number of rotatable bonds is 4. The third-order valence-electron chi connectivity index (χ3n) is 2.44. The molecule has 0 bridgehead atoms. The Kier molecular flexibility index (Phi) is 3.08. The van der Waals surface area contributed by atoms with Gasteiger partial charge in [-0.25, -0.2) is 0 Å². The van der Waals surface area contributed by atoms with E-state index in [4.69, 9.17) is 4.74 Å². The first-order valence-corrected chi connectivity index (χ1v) is 5.65. The van der Waals surface area contributed by atoms with Crippen LogP contribution < -0.4 is 10.1 Å². The molecule has 0 spiro atoms. The molecule has 1 aromatic carbocycles. The van der Waals surface area contributed by atoms with Crippen LogP contribution in [0.1, 0.15) is 18.4 Å². The van der Waals surface area contributed by atoms with Gasteiger partial charge in [-0.3, -0.25) is 0 Å². The Bertz CT molecular complexity index is 323. The van der Waals surface area contributed by atoms with E-state index in [0.29, 0.717) is 0 Å². The van der Waals surface area contributed by atoms with E-state index >= 15 is 0 Å². The summed E-state index contributed by atoms with van der Waals surface area (Å²) in [4.78, 5) is 0. The van der Waals surface area contributed by atoms with Crippen molar-refractivity contribution >= 4 is 15.9 Å². The van der Waals surface area contributed by atoms with E-state index in [9.17, 15) is 0 Å². The summed E-state index contributed by atoms with van der Waals surface area (Å²) in [5, 5.41) is 3.48. The molecule has 0 heterocycles. The van der Waals surface area contributed by atoms with Gasteiger partial charge < -0.3 is 10.1 Å². The van der Waals surface area contributed by atoms with Crippen molar-refractivity contribution in [1.82, 2.24) is 5.32 Å². The average molecular weight is 256 g/mol. The highest BCUT2D eigenvalue weighted by Crippen LogP contribution is 2.28. The minimum Gasteiger partial charge on any atom is -0.496 e. The Morgan fingerprint density at radius 1 is 1.50 bits per heavy atom. The van der Waals surface area contributed by atoms with Gasteiger partial charge in [0.2, 0.25) is 0 Å². The van der Waals surface area contributed by atoms with E-state index in [-0.39, 0.29) is 0 Å². The highest BCUT2D eigenvalue weighted by Gasteiger charge is 2.21. The van der Waals surface area contributed by atoms with Crippen LogP contribution in [0.5, 0.6) is 5.75 Å². The first-order valence-electron chi connectivity index (χ1n) is 4.86. The number of ether oxygens (including phenoxy) is 1. The number of nitrogens with one attached hydrogen (secondary N) is 1. The van der Waals surface area contributed by atoms with Gasteiger partial charge in [-0.1, -0.05) is 22.0 Å². The number of hydrogen-bond acceptors (Lipinski definition) is 2. The molecule has 1 fully saturated rings. The molecular formula is C11H14BrNO. The number of benzene rings is 1. The summed E-state index contributed by atoms with van der Waals surface area (Å²) in [6, 6.07) is 6.76. The second-order valence-electron chi connectivity index (χ2n) is 3.58. The minimum atomic E-state index is 0.729. The van der Waals surface area contributed by atoms with Crippen LogP contribution in [-0.4, -0.2) is 13.2 Å². The van der Waals surface area contributed by atoms with E-state index in [0.717, 1.165) is 22.8 Å². The Hall–Kier alpha value is -0.540. The molecule has 14 heavy (non-hydrogen) atoms. The lowest BCUT2D eigenvalue weighted by atomic mass is 10.2. The maximum absolute atomic E-state index is 5.31. The molecule has 1 saturated carbocycles. The normalized spacial score (nSPS) is 15.6. The zero-order chi connectivity index (χ0) is 9.97. The van der Waals surface area contributed by atoms with Crippen molar-refractivity contribution in [3.8, 4) is 5.75 Å². The van der Waals surface area contributed by atoms with Crippen molar-refractivity contribution in [2.75, 3.05) is 7.11 Å². The highest BCUT2D eigenvalue weighted by atomic mass is 79.9. The third kappa shape index (κ3) is 2.28. The van der Waals surface area contributed by atoms with Crippen LogP contribution in [0.2, 0.25) is 0 Å². The summed E-state index contributed by atoms with van der Waals surface area (Å²) >= 11 is 3.54. The zero-order valence-electron chi connectivity index (χ0n) is 8.22. The van der Waals surface area contributed by atoms with Crippen molar-refractivity contribution in [1.29, 1.82) is 0 Å². The molecule has 1 aliphatic rings. The van der Waals surface area contributed by atoms with E-state index in [1.165, 1.54) is 18.4 Å². The lowest BCUT2D eigenvalue weighted by molar-refractivity contribution is 0.407. The van der Waals surface area contributed by atoms with Crippen LogP contribution in [0.25, 0.3) is 0 Å². The van der Waals surface area contributed by atoms with E-state index in [2.05, 4.69) is 21.2 Å². The second kappa shape index (κ2) is 4.32. The smallest absolute Gasteiger partial charge is 0.124 e. The standard InChI is InChI=1S/C11H14BrNO/c1-14-11-4-2-3-10(12)9(11)7-13-8-5-6-8/h2-4,8,13H,5-7H2,1H3. The molecule has 1 N–H and O–H groups in total. The fourth-order valence-electron chi connectivity index (χ4n) is 1.44. The molecule has 2 rings (SSSR count). The quantitative estimate of drug-likeness (QED) is 0.894. The average Bonchev–Trinajstić information content (AvgIpc) is 2.99. The summed E-state index contributed by atoms with van der Waals surface area (Å²) in [5.74, 6) is 0.951. The summed E-state index contributed by atoms with van der Waals surface area (Å²) in [7, 11) is 1.71. The van der Waals surface area contributed by atoms with E-state index in [1.54, 1.807) is 7.11 Å². The van der Waals surface area contributed by atoms with E-state index in [1.807, 2.05) is 18.2 Å². The van der Waals surface area contributed by atoms with Gasteiger partial charge in [0.1, 0.15) is 5.75 Å². The molecule has 0 amide bonds. The van der Waals surface area contributed by atoms with Gasteiger partial charge in [-0.05, 0) is 25.0 Å². The topological polar surface area (TPSA) is 21.3 Å². The molecular weight excluding hydrogens is 242 g/mol. The number of halogens is 1. The van der Waals surface area contributed by atoms with Crippen LogP contribution >= 0.6 is 15.9 Å². The maximum Gasteiger partial charge on any atom is 0.124 e. The molecule has 0 saturated heterocycles. The molecule has 2 nitrogen and oxygen atoms in total. The maximum atomic E-state index is 5.31. The predicted octanol–water partition coefficient (Wildman–Crippen LogP) is 2.71. The molecule has 1 aromatic rings. The summed E-state index contributed by atoms with van der Waals surface area (Å²) < 4.78 is 6.42. The second-order valence-corrected chi connectivity index (χ2v) is 4.43. The largest absolute Gasteiger partial charge is 0.496 e. The predicted molar refractivity (Wildman–Crippen MR) is 60.6 cm³/mol. The van der Waals surface area contributed by atoms with Gasteiger partial charge in [0.25, 0.3) is 0 Å². The van der Waals surface area contributed by atoms with Gasteiger partial charge in [0, 0.05) is 22.6 Å².